The van der Waals surface area contributed by atoms with Crippen molar-refractivity contribution in [3.05, 3.63) is 53.3 Å². The summed E-state index contributed by atoms with van der Waals surface area (Å²) in [5.41, 5.74) is 9.61. The van der Waals surface area contributed by atoms with Gasteiger partial charge in [0, 0.05) is 24.4 Å². The van der Waals surface area contributed by atoms with Crippen molar-refractivity contribution in [1.29, 1.82) is 0 Å². The Hall–Kier alpha value is -1.61. The average Bonchev–Trinajstić information content (AvgIpc) is 2.81. The first-order valence-electron chi connectivity index (χ1n) is 6.15. The molecule has 0 saturated heterocycles. The van der Waals surface area contributed by atoms with Crippen molar-refractivity contribution < 1.29 is 0 Å². The minimum absolute atomic E-state index is 0.630. The van der Waals surface area contributed by atoms with Crippen molar-refractivity contribution in [3.8, 4) is 0 Å². The van der Waals surface area contributed by atoms with Crippen LogP contribution >= 0.6 is 0 Å². The predicted octanol–water partition coefficient (Wildman–Crippen LogP) is 2.53. The first-order valence-corrected chi connectivity index (χ1v) is 6.15. The van der Waals surface area contributed by atoms with Gasteiger partial charge in [0.05, 0.1) is 0 Å². The van der Waals surface area contributed by atoms with Crippen LogP contribution in [0.1, 0.15) is 41.5 Å². The Bertz CT molecular complexity index is 484. The molecule has 0 atom stereocenters. The van der Waals surface area contributed by atoms with E-state index in [-0.39, 0.29) is 0 Å². The summed E-state index contributed by atoms with van der Waals surface area (Å²) < 4.78 is 0. The van der Waals surface area contributed by atoms with Crippen molar-refractivity contribution in [3.63, 3.8) is 0 Å². The maximum atomic E-state index is 5.67. The Morgan fingerprint density at radius 1 is 1.24 bits per heavy atom. The summed E-state index contributed by atoms with van der Waals surface area (Å²) in [5.74, 6) is 1.35. The van der Waals surface area contributed by atoms with Gasteiger partial charge in [0.15, 0.2) is 0 Å². The summed E-state index contributed by atoms with van der Waals surface area (Å²) in [7, 11) is 0. The number of H-pyrrole nitrogens is 1. The Labute approximate surface area is 101 Å². The summed E-state index contributed by atoms with van der Waals surface area (Å²) in [6.07, 6.45) is 4.27. The number of rotatable bonds is 3. The molecule has 17 heavy (non-hydrogen) atoms. The summed E-state index contributed by atoms with van der Waals surface area (Å²) in [6.45, 7) is 0.630. The van der Waals surface area contributed by atoms with Gasteiger partial charge in [-0.05, 0) is 36.0 Å². The van der Waals surface area contributed by atoms with Gasteiger partial charge >= 0.3 is 0 Å². The Morgan fingerprint density at radius 2 is 2.12 bits per heavy atom. The SMILES string of the molecule is NCc1cccc(C2CC(c3ccn[nH]3)C2)c1. The maximum absolute atomic E-state index is 5.67. The van der Waals surface area contributed by atoms with Crippen molar-refractivity contribution in [1.82, 2.24) is 10.2 Å². The molecule has 3 heteroatoms. The molecule has 0 amide bonds. The Balaban J connectivity index is 1.68. The molecule has 1 aliphatic rings. The van der Waals surface area contributed by atoms with E-state index in [9.17, 15) is 0 Å². The maximum Gasteiger partial charge on any atom is 0.0490 e. The molecule has 0 bridgehead atoms. The lowest BCUT2D eigenvalue weighted by atomic mass is 9.70. The lowest BCUT2D eigenvalue weighted by molar-refractivity contribution is 0.344. The monoisotopic (exact) mass is 227 g/mol. The molecule has 2 aromatic rings. The van der Waals surface area contributed by atoms with Crippen molar-refractivity contribution in [2.75, 3.05) is 0 Å². The van der Waals surface area contributed by atoms with Crippen LogP contribution in [0.3, 0.4) is 0 Å². The first-order chi connectivity index (χ1) is 8.36. The zero-order valence-corrected chi connectivity index (χ0v) is 9.76. The van der Waals surface area contributed by atoms with Gasteiger partial charge in [-0.1, -0.05) is 24.3 Å². The van der Waals surface area contributed by atoms with E-state index >= 15 is 0 Å². The zero-order valence-electron chi connectivity index (χ0n) is 9.76. The molecule has 3 N–H and O–H groups in total. The van der Waals surface area contributed by atoms with Gasteiger partial charge < -0.3 is 5.73 Å². The van der Waals surface area contributed by atoms with Gasteiger partial charge in [0.1, 0.15) is 0 Å². The molecular formula is C14H17N3. The molecule has 0 aliphatic heterocycles. The van der Waals surface area contributed by atoms with E-state index < -0.39 is 0 Å². The van der Waals surface area contributed by atoms with Crippen molar-refractivity contribution in [2.24, 2.45) is 5.73 Å². The van der Waals surface area contributed by atoms with E-state index in [0.717, 1.165) is 0 Å². The van der Waals surface area contributed by atoms with E-state index in [1.165, 1.54) is 29.7 Å². The van der Waals surface area contributed by atoms with Crippen LogP contribution in [-0.2, 0) is 6.54 Å². The highest BCUT2D eigenvalue weighted by molar-refractivity contribution is 5.30. The fourth-order valence-electron chi connectivity index (χ4n) is 2.61. The Kier molecular flexibility index (Phi) is 2.69. The molecule has 0 unspecified atom stereocenters. The molecule has 1 heterocycles. The second-order valence-electron chi connectivity index (χ2n) is 4.83. The number of hydrogen-bond acceptors (Lipinski definition) is 2. The van der Waals surface area contributed by atoms with Crippen LogP contribution in [0.5, 0.6) is 0 Å². The van der Waals surface area contributed by atoms with Gasteiger partial charge in [-0.25, -0.2) is 0 Å². The topological polar surface area (TPSA) is 54.7 Å². The predicted molar refractivity (Wildman–Crippen MR) is 67.6 cm³/mol. The third-order valence-corrected chi connectivity index (χ3v) is 3.76. The van der Waals surface area contributed by atoms with Gasteiger partial charge in [0.25, 0.3) is 0 Å². The van der Waals surface area contributed by atoms with Gasteiger partial charge in [-0.3, -0.25) is 5.10 Å². The number of aromatic nitrogens is 2. The highest BCUT2D eigenvalue weighted by Gasteiger charge is 2.32. The number of hydrogen-bond donors (Lipinski definition) is 2. The molecule has 0 radical (unpaired) electrons. The fourth-order valence-corrected chi connectivity index (χ4v) is 2.61. The van der Waals surface area contributed by atoms with Crippen molar-refractivity contribution in [2.45, 2.75) is 31.2 Å². The van der Waals surface area contributed by atoms with Gasteiger partial charge in [-0.2, -0.15) is 5.10 Å². The summed E-state index contributed by atoms with van der Waals surface area (Å²) >= 11 is 0. The smallest absolute Gasteiger partial charge is 0.0490 e. The minimum Gasteiger partial charge on any atom is -0.326 e. The lowest BCUT2D eigenvalue weighted by Gasteiger charge is -2.35. The zero-order chi connectivity index (χ0) is 11.7. The van der Waals surface area contributed by atoms with Crippen LogP contribution in [0.4, 0.5) is 0 Å². The summed E-state index contributed by atoms with van der Waals surface area (Å²) in [5, 5.41) is 7.07. The highest BCUT2D eigenvalue weighted by Crippen LogP contribution is 2.46. The number of nitrogens with one attached hydrogen (secondary N) is 1. The minimum atomic E-state index is 0.630. The largest absolute Gasteiger partial charge is 0.326 e. The van der Waals surface area contributed by atoms with Crippen molar-refractivity contribution >= 4 is 0 Å². The molecule has 3 rings (SSSR count). The molecule has 0 spiro atoms. The molecular weight excluding hydrogens is 210 g/mol. The van der Waals surface area contributed by atoms with E-state index in [4.69, 9.17) is 5.73 Å². The van der Waals surface area contributed by atoms with E-state index in [1.807, 2.05) is 6.20 Å². The molecule has 1 aliphatic carbocycles. The lowest BCUT2D eigenvalue weighted by Crippen LogP contribution is -2.20. The number of nitrogens with two attached hydrogens (primary N) is 1. The third kappa shape index (κ3) is 1.98. The van der Waals surface area contributed by atoms with Crippen LogP contribution in [0.25, 0.3) is 0 Å². The van der Waals surface area contributed by atoms with E-state index in [2.05, 4.69) is 40.5 Å². The second-order valence-corrected chi connectivity index (χ2v) is 4.83. The average molecular weight is 227 g/mol. The third-order valence-electron chi connectivity index (χ3n) is 3.76. The number of nitrogens with zero attached hydrogens (tertiary/aromatic N) is 1. The molecule has 1 aromatic carbocycles. The molecule has 88 valence electrons. The molecule has 3 nitrogen and oxygen atoms in total. The van der Waals surface area contributed by atoms with Crippen LogP contribution in [0, 0.1) is 0 Å². The van der Waals surface area contributed by atoms with Crippen LogP contribution in [0.15, 0.2) is 36.5 Å². The van der Waals surface area contributed by atoms with Gasteiger partial charge in [-0.15, -0.1) is 0 Å². The van der Waals surface area contributed by atoms with Gasteiger partial charge in [0.2, 0.25) is 0 Å². The second kappa shape index (κ2) is 4.34. The Morgan fingerprint density at radius 3 is 2.82 bits per heavy atom. The highest BCUT2D eigenvalue weighted by atomic mass is 15.1. The summed E-state index contributed by atoms with van der Waals surface area (Å²) in [6, 6.07) is 10.7. The van der Waals surface area contributed by atoms with Crippen LogP contribution < -0.4 is 5.73 Å². The summed E-state index contributed by atoms with van der Waals surface area (Å²) in [4.78, 5) is 0. The number of aromatic amines is 1. The van der Waals surface area contributed by atoms with E-state index in [1.54, 1.807) is 0 Å². The molecule has 1 saturated carbocycles. The first kappa shape index (κ1) is 10.5. The van der Waals surface area contributed by atoms with Crippen LogP contribution in [-0.4, -0.2) is 10.2 Å². The number of benzene rings is 1. The van der Waals surface area contributed by atoms with Crippen LogP contribution in [0.2, 0.25) is 0 Å². The molecule has 1 fully saturated rings. The standard InChI is InChI=1S/C14H17N3/c15-9-10-2-1-3-11(6-10)12-7-13(8-12)14-4-5-16-17-14/h1-6,12-13H,7-9,15H2,(H,16,17). The normalized spacial score (nSPS) is 23.4. The van der Waals surface area contributed by atoms with E-state index in [0.29, 0.717) is 18.4 Å². The molecule has 1 aromatic heterocycles. The fraction of sp³-hybridized carbons (Fsp3) is 0.357. The quantitative estimate of drug-likeness (QED) is 0.846.